The monoisotopic (exact) mass is 464 g/mol. The molecule has 1 amide bonds. The average molecular weight is 465 g/mol. The van der Waals surface area contributed by atoms with Crippen molar-refractivity contribution in [2.24, 2.45) is 5.73 Å². The number of nitrogens with zero attached hydrogens (tertiary/aromatic N) is 3. The number of carbonyl (C=O) groups excluding carboxylic acids is 2. The number of hydrogen-bond donors (Lipinski definition) is 1. The van der Waals surface area contributed by atoms with E-state index in [0.29, 0.717) is 17.7 Å². The van der Waals surface area contributed by atoms with E-state index in [0.717, 1.165) is 23.0 Å². The molecule has 6 nitrogen and oxygen atoms in total. The molecule has 2 N–H and O–H groups in total. The van der Waals surface area contributed by atoms with Crippen LogP contribution in [0.15, 0.2) is 89.1 Å². The van der Waals surface area contributed by atoms with Gasteiger partial charge in [0.05, 0.1) is 17.9 Å². The SMILES string of the molecule is NC1=C(C(=O)c2ccccc2)C(c2ccc(Br)cc2)N(CCCn2ccnc2)C1=O. The maximum Gasteiger partial charge on any atom is 0.271 e. The van der Waals surface area contributed by atoms with Gasteiger partial charge in [0.1, 0.15) is 5.70 Å². The molecule has 3 aromatic rings. The summed E-state index contributed by atoms with van der Waals surface area (Å²) < 4.78 is 2.89. The number of benzene rings is 2. The highest BCUT2D eigenvalue weighted by atomic mass is 79.9. The summed E-state index contributed by atoms with van der Waals surface area (Å²) in [6.07, 6.45) is 6.07. The summed E-state index contributed by atoms with van der Waals surface area (Å²) in [5, 5.41) is 0. The minimum Gasteiger partial charge on any atom is -0.394 e. The Kier molecular flexibility index (Phi) is 5.81. The van der Waals surface area contributed by atoms with Gasteiger partial charge in [-0.1, -0.05) is 58.4 Å². The fraction of sp³-hybridized carbons (Fsp3) is 0.174. The molecule has 2 heterocycles. The summed E-state index contributed by atoms with van der Waals surface area (Å²) in [4.78, 5) is 32.1. The maximum atomic E-state index is 13.3. The molecule has 0 fully saturated rings. The van der Waals surface area contributed by atoms with Crippen LogP contribution >= 0.6 is 15.9 Å². The molecule has 0 spiro atoms. The second-order valence-corrected chi connectivity index (χ2v) is 8.04. The largest absolute Gasteiger partial charge is 0.394 e. The summed E-state index contributed by atoms with van der Waals surface area (Å²) in [6.45, 7) is 1.20. The van der Waals surface area contributed by atoms with Crippen molar-refractivity contribution in [3.05, 3.63) is 100 Å². The highest BCUT2D eigenvalue weighted by molar-refractivity contribution is 9.10. The lowest BCUT2D eigenvalue weighted by atomic mass is 9.92. The Morgan fingerprint density at radius 1 is 1.07 bits per heavy atom. The molecule has 1 aliphatic heterocycles. The number of halogens is 1. The summed E-state index contributed by atoms with van der Waals surface area (Å²) >= 11 is 3.44. The molecule has 0 saturated heterocycles. The zero-order chi connectivity index (χ0) is 21.1. The van der Waals surface area contributed by atoms with Crippen molar-refractivity contribution in [2.75, 3.05) is 6.54 Å². The first kappa shape index (κ1) is 20.1. The fourth-order valence-corrected chi connectivity index (χ4v) is 4.01. The molecule has 7 heteroatoms. The van der Waals surface area contributed by atoms with E-state index in [4.69, 9.17) is 5.73 Å². The first-order valence-electron chi connectivity index (χ1n) is 9.68. The van der Waals surface area contributed by atoms with E-state index in [2.05, 4.69) is 20.9 Å². The summed E-state index contributed by atoms with van der Waals surface area (Å²) in [5.41, 5.74) is 7.96. The number of rotatable bonds is 7. The van der Waals surface area contributed by atoms with E-state index < -0.39 is 6.04 Å². The van der Waals surface area contributed by atoms with Crippen LogP contribution in [0.4, 0.5) is 0 Å². The molecule has 0 saturated carbocycles. The Hall–Kier alpha value is -3.19. The Morgan fingerprint density at radius 2 is 1.80 bits per heavy atom. The number of ketones is 1. The number of carbonyl (C=O) groups is 2. The van der Waals surface area contributed by atoms with Gasteiger partial charge in [-0.3, -0.25) is 9.59 Å². The molecule has 1 atom stereocenters. The third-order valence-electron chi connectivity index (χ3n) is 5.21. The number of hydrogen-bond acceptors (Lipinski definition) is 4. The lowest BCUT2D eigenvalue weighted by Crippen LogP contribution is -2.33. The molecule has 1 aliphatic rings. The number of Topliss-reactive ketones (excluding diaryl/α,β-unsaturated/α-hetero) is 1. The molecule has 1 aromatic heterocycles. The minimum absolute atomic E-state index is 0.0272. The average Bonchev–Trinajstić information content (AvgIpc) is 3.37. The Labute approximate surface area is 183 Å². The second-order valence-electron chi connectivity index (χ2n) is 7.13. The molecular formula is C23H21BrN4O2. The van der Waals surface area contributed by atoms with Crippen molar-refractivity contribution in [3.8, 4) is 0 Å². The topological polar surface area (TPSA) is 81.2 Å². The number of nitrogens with two attached hydrogens (primary N) is 1. The molecule has 30 heavy (non-hydrogen) atoms. The van der Waals surface area contributed by atoms with Crippen molar-refractivity contribution >= 4 is 27.6 Å². The Bertz CT molecular complexity index is 1080. The van der Waals surface area contributed by atoms with Crippen LogP contribution in [0.1, 0.15) is 28.4 Å². The molecule has 152 valence electrons. The maximum absolute atomic E-state index is 13.3. The van der Waals surface area contributed by atoms with E-state index in [9.17, 15) is 9.59 Å². The highest BCUT2D eigenvalue weighted by Crippen LogP contribution is 2.38. The molecule has 0 bridgehead atoms. The van der Waals surface area contributed by atoms with Crippen molar-refractivity contribution in [3.63, 3.8) is 0 Å². The zero-order valence-corrected chi connectivity index (χ0v) is 17.8. The molecule has 2 aromatic carbocycles. The van der Waals surface area contributed by atoms with Gasteiger partial charge in [-0.05, 0) is 24.1 Å². The van der Waals surface area contributed by atoms with Crippen LogP contribution in [0.5, 0.6) is 0 Å². The Morgan fingerprint density at radius 3 is 2.47 bits per heavy atom. The molecule has 1 unspecified atom stereocenters. The van der Waals surface area contributed by atoms with Gasteiger partial charge in [-0.2, -0.15) is 0 Å². The smallest absolute Gasteiger partial charge is 0.271 e. The van der Waals surface area contributed by atoms with Gasteiger partial charge in [-0.25, -0.2) is 4.98 Å². The first-order valence-corrected chi connectivity index (χ1v) is 10.5. The van der Waals surface area contributed by atoms with Crippen LogP contribution < -0.4 is 5.73 Å². The van der Waals surface area contributed by atoms with Gasteiger partial charge >= 0.3 is 0 Å². The lowest BCUT2D eigenvalue weighted by Gasteiger charge is -2.27. The number of amides is 1. The number of imidazole rings is 1. The van der Waals surface area contributed by atoms with Gasteiger partial charge in [0.15, 0.2) is 5.78 Å². The van der Waals surface area contributed by atoms with Crippen LogP contribution in [0, 0.1) is 0 Å². The third-order valence-corrected chi connectivity index (χ3v) is 5.74. The van der Waals surface area contributed by atoms with Gasteiger partial charge in [-0.15, -0.1) is 0 Å². The number of aryl methyl sites for hydroxylation is 1. The predicted octanol–water partition coefficient (Wildman–Crippen LogP) is 3.71. The van der Waals surface area contributed by atoms with Crippen molar-refractivity contribution < 1.29 is 9.59 Å². The third kappa shape index (κ3) is 3.93. The van der Waals surface area contributed by atoms with Crippen molar-refractivity contribution in [1.29, 1.82) is 0 Å². The molecule has 0 aliphatic carbocycles. The van der Waals surface area contributed by atoms with Crippen LogP contribution in [-0.4, -0.2) is 32.7 Å². The normalized spacial score (nSPS) is 16.4. The van der Waals surface area contributed by atoms with E-state index in [1.54, 1.807) is 41.7 Å². The van der Waals surface area contributed by atoms with Crippen LogP contribution in [0.25, 0.3) is 0 Å². The summed E-state index contributed by atoms with van der Waals surface area (Å²) in [6, 6.07) is 16.1. The van der Waals surface area contributed by atoms with Crippen molar-refractivity contribution in [2.45, 2.75) is 19.0 Å². The van der Waals surface area contributed by atoms with E-state index in [-0.39, 0.29) is 17.4 Å². The van der Waals surface area contributed by atoms with Gasteiger partial charge in [0.2, 0.25) is 0 Å². The van der Waals surface area contributed by atoms with Gasteiger partial charge < -0.3 is 15.2 Å². The molecule has 4 rings (SSSR count). The summed E-state index contributed by atoms with van der Waals surface area (Å²) in [7, 11) is 0. The van der Waals surface area contributed by atoms with E-state index in [1.807, 2.05) is 41.1 Å². The minimum atomic E-state index is -0.513. The molecule has 0 radical (unpaired) electrons. The summed E-state index contributed by atoms with van der Waals surface area (Å²) in [5.74, 6) is -0.515. The van der Waals surface area contributed by atoms with Gasteiger partial charge in [0.25, 0.3) is 5.91 Å². The van der Waals surface area contributed by atoms with Crippen LogP contribution in [-0.2, 0) is 11.3 Å². The Balaban J connectivity index is 1.67. The highest BCUT2D eigenvalue weighted by Gasteiger charge is 2.41. The first-order chi connectivity index (χ1) is 14.6. The molecular weight excluding hydrogens is 444 g/mol. The quantitative estimate of drug-likeness (QED) is 0.540. The predicted molar refractivity (Wildman–Crippen MR) is 117 cm³/mol. The number of aromatic nitrogens is 2. The van der Waals surface area contributed by atoms with Gasteiger partial charge in [0, 0.05) is 35.5 Å². The van der Waals surface area contributed by atoms with Crippen LogP contribution in [0.2, 0.25) is 0 Å². The second kappa shape index (κ2) is 8.67. The standard InChI is InChI=1S/C23H21BrN4O2/c24-18-9-7-16(8-10-18)21-19(22(29)17-5-2-1-3-6-17)20(25)23(30)28(21)13-4-12-27-14-11-26-15-27/h1-3,5-11,14-15,21H,4,12-13,25H2. The van der Waals surface area contributed by atoms with E-state index in [1.165, 1.54) is 0 Å². The van der Waals surface area contributed by atoms with Crippen LogP contribution in [0.3, 0.4) is 0 Å². The zero-order valence-electron chi connectivity index (χ0n) is 16.2. The van der Waals surface area contributed by atoms with Crippen molar-refractivity contribution in [1.82, 2.24) is 14.5 Å². The fourth-order valence-electron chi connectivity index (χ4n) is 3.75. The van der Waals surface area contributed by atoms with E-state index >= 15 is 0 Å². The lowest BCUT2D eigenvalue weighted by molar-refractivity contribution is -0.127.